The molecular formula is C22H16N2O. The van der Waals surface area contributed by atoms with Crippen LogP contribution in [-0.2, 0) is 0 Å². The summed E-state index contributed by atoms with van der Waals surface area (Å²) in [6, 6.07) is 25.5. The average molecular weight is 324 g/mol. The molecule has 3 aromatic carbocycles. The molecule has 1 N–H and O–H groups in total. The molecule has 0 fully saturated rings. The van der Waals surface area contributed by atoms with Crippen molar-refractivity contribution in [1.29, 1.82) is 0 Å². The molecule has 120 valence electrons. The highest BCUT2D eigenvalue weighted by Gasteiger charge is 2.16. The van der Waals surface area contributed by atoms with Crippen molar-refractivity contribution in [3.8, 4) is 0 Å². The van der Waals surface area contributed by atoms with E-state index < -0.39 is 0 Å². The van der Waals surface area contributed by atoms with Crippen molar-refractivity contribution >= 4 is 28.6 Å². The summed E-state index contributed by atoms with van der Waals surface area (Å²) >= 11 is 0. The third kappa shape index (κ3) is 3.26. The van der Waals surface area contributed by atoms with Gasteiger partial charge in [-0.25, -0.2) is 4.99 Å². The van der Waals surface area contributed by atoms with Gasteiger partial charge in [0.05, 0.1) is 11.4 Å². The number of hydrogen-bond acceptors (Lipinski definition) is 3. The molecule has 1 aliphatic rings. The fourth-order valence-corrected chi connectivity index (χ4v) is 2.80. The molecule has 0 aliphatic heterocycles. The van der Waals surface area contributed by atoms with Crippen LogP contribution in [-0.4, -0.2) is 11.5 Å². The summed E-state index contributed by atoms with van der Waals surface area (Å²) in [6.07, 6.45) is 3.35. The topological polar surface area (TPSA) is 41.5 Å². The second-order valence-corrected chi connectivity index (χ2v) is 5.78. The lowest BCUT2D eigenvalue weighted by Gasteiger charge is -2.12. The summed E-state index contributed by atoms with van der Waals surface area (Å²) < 4.78 is 0. The smallest absolute Gasteiger partial charge is 0.186 e. The van der Waals surface area contributed by atoms with Gasteiger partial charge in [0.25, 0.3) is 0 Å². The van der Waals surface area contributed by atoms with E-state index in [1.807, 2.05) is 78.9 Å². The number of aliphatic imine (C=N–C) groups is 1. The van der Waals surface area contributed by atoms with Gasteiger partial charge in [0.15, 0.2) is 5.78 Å². The Bertz CT molecular complexity index is 970. The van der Waals surface area contributed by atoms with E-state index >= 15 is 0 Å². The van der Waals surface area contributed by atoms with Gasteiger partial charge in [-0.1, -0.05) is 42.5 Å². The monoisotopic (exact) mass is 324 g/mol. The second-order valence-electron chi connectivity index (χ2n) is 5.78. The number of carbonyl (C=O) groups is 1. The number of hydrogen-bond donors (Lipinski definition) is 1. The predicted molar refractivity (Wildman–Crippen MR) is 102 cm³/mol. The first-order valence-corrected chi connectivity index (χ1v) is 8.12. The van der Waals surface area contributed by atoms with Crippen LogP contribution >= 0.6 is 0 Å². The highest BCUT2D eigenvalue weighted by atomic mass is 16.1. The lowest BCUT2D eigenvalue weighted by Crippen LogP contribution is -2.11. The number of fused-ring (bicyclic) bond motifs is 1. The average Bonchev–Trinajstić information content (AvgIpc) is 2.67. The Morgan fingerprint density at radius 3 is 2.04 bits per heavy atom. The number of para-hydroxylation sites is 1. The largest absolute Gasteiger partial charge is 0.356 e. The van der Waals surface area contributed by atoms with Crippen molar-refractivity contribution < 1.29 is 4.79 Å². The van der Waals surface area contributed by atoms with Crippen molar-refractivity contribution in [2.75, 3.05) is 5.32 Å². The molecule has 0 unspecified atom stereocenters. The van der Waals surface area contributed by atoms with E-state index in [2.05, 4.69) is 5.32 Å². The van der Waals surface area contributed by atoms with E-state index in [4.69, 9.17) is 4.99 Å². The van der Waals surface area contributed by atoms with Gasteiger partial charge in [0, 0.05) is 22.5 Å². The van der Waals surface area contributed by atoms with Crippen LogP contribution in [0.3, 0.4) is 0 Å². The quantitative estimate of drug-likeness (QED) is 0.710. The summed E-state index contributed by atoms with van der Waals surface area (Å²) in [5, 5.41) is 3.35. The third-order valence-electron chi connectivity index (χ3n) is 4.04. The number of ketones is 1. The Labute approximate surface area is 146 Å². The first kappa shape index (κ1) is 15.1. The van der Waals surface area contributed by atoms with E-state index in [9.17, 15) is 4.79 Å². The van der Waals surface area contributed by atoms with Crippen LogP contribution in [0.5, 0.6) is 0 Å². The zero-order chi connectivity index (χ0) is 17.1. The van der Waals surface area contributed by atoms with Crippen LogP contribution in [0.4, 0.5) is 17.1 Å². The zero-order valence-electron chi connectivity index (χ0n) is 13.5. The first-order chi connectivity index (χ1) is 12.3. The van der Waals surface area contributed by atoms with Crippen LogP contribution in [0.25, 0.3) is 0 Å². The van der Waals surface area contributed by atoms with Gasteiger partial charge in [-0.2, -0.15) is 0 Å². The molecule has 3 heteroatoms. The molecule has 4 rings (SSSR count). The van der Waals surface area contributed by atoms with Crippen LogP contribution in [0, 0.1) is 0 Å². The molecule has 0 radical (unpaired) electrons. The molecule has 3 aromatic rings. The summed E-state index contributed by atoms with van der Waals surface area (Å²) in [5.74, 6) is 0.0250. The van der Waals surface area contributed by atoms with E-state index in [0.29, 0.717) is 5.56 Å². The molecule has 0 aromatic heterocycles. The third-order valence-corrected chi connectivity index (χ3v) is 4.04. The molecule has 1 aliphatic carbocycles. The van der Waals surface area contributed by atoms with Crippen LogP contribution in [0.2, 0.25) is 0 Å². The minimum atomic E-state index is 0.0250. The Morgan fingerprint density at radius 1 is 0.640 bits per heavy atom. The maximum absolute atomic E-state index is 12.0. The molecule has 0 atom stereocenters. The highest BCUT2D eigenvalue weighted by Crippen LogP contribution is 2.23. The Morgan fingerprint density at radius 2 is 1.28 bits per heavy atom. The lowest BCUT2D eigenvalue weighted by atomic mass is 9.94. The minimum Gasteiger partial charge on any atom is -0.356 e. The fraction of sp³-hybridized carbons (Fsp3) is 0. The molecule has 0 saturated carbocycles. The van der Waals surface area contributed by atoms with Crippen LogP contribution in [0.1, 0.15) is 15.9 Å². The van der Waals surface area contributed by atoms with E-state index in [1.165, 1.54) is 0 Å². The maximum Gasteiger partial charge on any atom is 0.186 e. The van der Waals surface area contributed by atoms with Gasteiger partial charge in [-0.15, -0.1) is 0 Å². The fourth-order valence-electron chi connectivity index (χ4n) is 2.80. The number of anilines is 2. The van der Waals surface area contributed by atoms with Gasteiger partial charge in [-0.05, 0) is 48.6 Å². The Hall–Kier alpha value is -3.46. The zero-order valence-corrected chi connectivity index (χ0v) is 13.5. The van der Waals surface area contributed by atoms with Gasteiger partial charge in [-0.3, -0.25) is 4.79 Å². The van der Waals surface area contributed by atoms with Crippen molar-refractivity contribution in [3.63, 3.8) is 0 Å². The molecule has 3 nitrogen and oxygen atoms in total. The standard InChI is InChI=1S/C22H16N2O/c25-22-15-14-21(19-8-4-5-9-20(19)22)24-18-12-10-17(11-13-18)23-16-6-2-1-3-7-16/h1-15,23H. The van der Waals surface area contributed by atoms with Gasteiger partial charge >= 0.3 is 0 Å². The van der Waals surface area contributed by atoms with Gasteiger partial charge in [0.2, 0.25) is 0 Å². The summed E-state index contributed by atoms with van der Waals surface area (Å²) in [5.41, 5.74) is 5.28. The molecule has 0 saturated heterocycles. The van der Waals surface area contributed by atoms with Gasteiger partial charge in [0.1, 0.15) is 0 Å². The molecule has 0 spiro atoms. The SMILES string of the molecule is O=C1C=CC(=Nc2ccc(Nc3ccccc3)cc2)c2ccccc21. The van der Waals surface area contributed by atoms with Crippen LogP contribution in [0.15, 0.2) is 96.0 Å². The van der Waals surface area contributed by atoms with Crippen LogP contribution < -0.4 is 5.32 Å². The lowest BCUT2D eigenvalue weighted by molar-refractivity contribution is 0.104. The number of carbonyl (C=O) groups excluding carboxylic acids is 1. The van der Waals surface area contributed by atoms with E-state index in [0.717, 1.165) is 28.3 Å². The molecule has 0 amide bonds. The summed E-state index contributed by atoms with van der Waals surface area (Å²) in [6.45, 7) is 0. The highest BCUT2D eigenvalue weighted by molar-refractivity contribution is 6.24. The molecule has 25 heavy (non-hydrogen) atoms. The maximum atomic E-state index is 12.0. The molecule has 0 heterocycles. The summed E-state index contributed by atoms with van der Waals surface area (Å²) in [4.78, 5) is 16.6. The van der Waals surface area contributed by atoms with E-state index in [-0.39, 0.29) is 5.78 Å². The molecule has 0 bridgehead atoms. The number of allylic oxidation sites excluding steroid dienone is 2. The number of nitrogens with zero attached hydrogens (tertiary/aromatic N) is 1. The van der Waals surface area contributed by atoms with Crippen molar-refractivity contribution in [1.82, 2.24) is 0 Å². The number of rotatable bonds is 3. The Balaban J connectivity index is 1.60. The van der Waals surface area contributed by atoms with Crippen molar-refractivity contribution in [2.24, 2.45) is 4.99 Å². The molecular weight excluding hydrogens is 308 g/mol. The summed E-state index contributed by atoms with van der Waals surface area (Å²) in [7, 11) is 0. The van der Waals surface area contributed by atoms with Crippen molar-refractivity contribution in [2.45, 2.75) is 0 Å². The Kier molecular flexibility index (Phi) is 3.97. The second kappa shape index (κ2) is 6.57. The normalized spacial score (nSPS) is 14.4. The predicted octanol–water partition coefficient (Wildman–Crippen LogP) is 5.30. The van der Waals surface area contributed by atoms with Gasteiger partial charge < -0.3 is 5.32 Å². The van der Waals surface area contributed by atoms with E-state index in [1.54, 1.807) is 12.2 Å². The number of nitrogens with one attached hydrogen (secondary N) is 1. The number of benzene rings is 3. The first-order valence-electron chi connectivity index (χ1n) is 8.12. The van der Waals surface area contributed by atoms with Crippen molar-refractivity contribution in [3.05, 3.63) is 102 Å². The minimum absolute atomic E-state index is 0.0250.